The Morgan fingerprint density at radius 2 is 1.02 bits per heavy atom. The molecule has 11 heteroatoms. The Balaban J connectivity index is 0.000000754. The van der Waals surface area contributed by atoms with Crippen LogP contribution in [-0.4, -0.2) is 36.7 Å². The first-order valence-electron chi connectivity index (χ1n) is 16.3. The summed E-state index contributed by atoms with van der Waals surface area (Å²) in [4.78, 5) is 27.7. The Labute approximate surface area is 327 Å². The molecule has 0 unspecified atom stereocenters. The molecule has 51 heavy (non-hydrogen) atoms. The molecule has 0 atom stereocenters. The Kier molecular flexibility index (Phi) is 22.6. The Morgan fingerprint density at radius 1 is 0.686 bits per heavy atom. The predicted octanol–water partition coefficient (Wildman–Crippen LogP) is 10.6. The molecule has 0 saturated heterocycles. The van der Waals surface area contributed by atoms with Crippen LogP contribution in [0.2, 0.25) is 0 Å². The van der Waals surface area contributed by atoms with Crippen molar-refractivity contribution in [2.24, 2.45) is 22.7 Å². The van der Waals surface area contributed by atoms with Gasteiger partial charge in [-0.15, -0.1) is 72.4 Å². The maximum absolute atomic E-state index is 13.9. The molecule has 2 aromatic carbocycles. The molecule has 276 valence electrons. The molecule has 0 radical (unpaired) electrons. The fraction of sp³-hybridized carbons (Fsp3) is 0.450. The average Bonchev–Trinajstić information content (AvgIpc) is 3.83. The number of alkyl halides is 2. The molecule has 2 amide bonds. The van der Waals surface area contributed by atoms with Gasteiger partial charge in [0, 0.05) is 48.1 Å². The van der Waals surface area contributed by atoms with Crippen LogP contribution in [0.3, 0.4) is 0 Å². The van der Waals surface area contributed by atoms with Crippen LogP contribution in [0.5, 0.6) is 0 Å². The van der Waals surface area contributed by atoms with E-state index in [1.54, 1.807) is 27.7 Å². The van der Waals surface area contributed by atoms with Gasteiger partial charge in [0.2, 0.25) is 11.8 Å². The SMILES string of the molecule is CC(C)CN(C(=O)C(C)(C)CCl)c1ccc(F)[c-]c1F.CC(C)CN(C(=O)C(C)(C)CCl)c1ccc(F)[c-]c1F.[C-]1=CC=CC1.[C-]1=CC=CC1.[Ti+4]. The van der Waals surface area contributed by atoms with E-state index in [0.717, 1.165) is 25.0 Å². The third kappa shape index (κ3) is 17.2. The summed E-state index contributed by atoms with van der Waals surface area (Å²) < 4.78 is 53.7. The second kappa shape index (κ2) is 23.8. The van der Waals surface area contributed by atoms with Crippen LogP contribution >= 0.6 is 23.2 Å². The molecule has 0 saturated carbocycles. The van der Waals surface area contributed by atoms with E-state index < -0.39 is 34.1 Å². The van der Waals surface area contributed by atoms with Crippen LogP contribution in [0.1, 0.15) is 68.2 Å². The van der Waals surface area contributed by atoms with Gasteiger partial charge in [-0.2, -0.15) is 12.2 Å². The molecule has 2 aliphatic rings. The summed E-state index contributed by atoms with van der Waals surface area (Å²) in [6, 6.07) is 8.60. The molecule has 0 aliphatic heterocycles. The molecule has 0 N–H and O–H groups in total. The maximum atomic E-state index is 13.9. The van der Waals surface area contributed by atoms with Gasteiger partial charge in [-0.3, -0.25) is 21.7 Å². The van der Waals surface area contributed by atoms with Gasteiger partial charge in [0.05, 0.1) is 10.8 Å². The third-order valence-corrected chi connectivity index (χ3v) is 8.18. The number of rotatable bonds is 10. The topological polar surface area (TPSA) is 40.6 Å². The van der Waals surface area contributed by atoms with Crippen molar-refractivity contribution >= 4 is 46.4 Å². The number of benzene rings is 2. The van der Waals surface area contributed by atoms with Crippen molar-refractivity contribution in [1.29, 1.82) is 0 Å². The van der Waals surface area contributed by atoms with Crippen LogP contribution in [0.25, 0.3) is 0 Å². The van der Waals surface area contributed by atoms with Gasteiger partial charge in [-0.25, -0.2) is 41.9 Å². The van der Waals surface area contributed by atoms with Crippen LogP contribution in [0, 0.1) is 70.2 Å². The van der Waals surface area contributed by atoms with Crippen molar-refractivity contribution in [2.45, 2.75) is 68.2 Å². The van der Waals surface area contributed by atoms with Gasteiger partial charge in [0.25, 0.3) is 0 Å². The zero-order valence-corrected chi connectivity index (χ0v) is 33.7. The van der Waals surface area contributed by atoms with E-state index in [4.69, 9.17) is 23.2 Å². The average molecular weight is 784 g/mol. The minimum absolute atomic E-state index is 0. The molecule has 0 heterocycles. The first-order valence-corrected chi connectivity index (χ1v) is 17.4. The molecule has 4 rings (SSSR count). The van der Waals surface area contributed by atoms with E-state index in [2.05, 4.69) is 24.3 Å². The van der Waals surface area contributed by atoms with E-state index in [1.165, 1.54) is 21.9 Å². The number of amides is 2. The van der Waals surface area contributed by atoms with Crippen molar-refractivity contribution in [3.63, 3.8) is 0 Å². The molecule has 0 fully saturated rings. The molecule has 0 bridgehead atoms. The quantitative estimate of drug-likeness (QED) is 0.104. The smallest absolute Gasteiger partial charge is 0.363 e. The summed E-state index contributed by atoms with van der Waals surface area (Å²) >= 11 is 11.6. The third-order valence-electron chi connectivity index (χ3n) is 6.85. The van der Waals surface area contributed by atoms with E-state index in [1.807, 2.05) is 64.1 Å². The first kappa shape index (κ1) is 48.4. The maximum Gasteiger partial charge on any atom is 4.00 e. The second-order valence-corrected chi connectivity index (χ2v) is 14.2. The van der Waals surface area contributed by atoms with Crippen molar-refractivity contribution in [3.05, 3.63) is 108 Å². The number of carbonyl (C=O) groups is 2. The van der Waals surface area contributed by atoms with E-state index in [-0.39, 0.29) is 68.5 Å². The number of hydrogen-bond acceptors (Lipinski definition) is 2. The van der Waals surface area contributed by atoms with Crippen LogP contribution in [-0.2, 0) is 31.3 Å². The molecule has 2 aromatic rings. The number of allylic oxidation sites excluding steroid dienone is 8. The molecule has 2 aliphatic carbocycles. The number of nitrogens with zero attached hydrogens (tertiary/aromatic N) is 2. The monoisotopic (exact) mass is 782 g/mol. The van der Waals surface area contributed by atoms with Crippen LogP contribution in [0.15, 0.2) is 60.7 Å². The normalized spacial score (nSPS) is 12.7. The van der Waals surface area contributed by atoms with Crippen molar-refractivity contribution in [1.82, 2.24) is 0 Å². The second-order valence-electron chi connectivity index (χ2n) is 13.7. The first-order chi connectivity index (χ1) is 23.4. The molecule has 0 spiro atoms. The van der Waals surface area contributed by atoms with Crippen LogP contribution in [0.4, 0.5) is 28.9 Å². The molecular formula is C40H48Cl2F4N2O2Ti. The Morgan fingerprint density at radius 3 is 1.22 bits per heavy atom. The fourth-order valence-corrected chi connectivity index (χ4v) is 4.35. The minimum atomic E-state index is -0.871. The Bertz CT molecular complexity index is 1380. The van der Waals surface area contributed by atoms with Gasteiger partial charge in [0.15, 0.2) is 0 Å². The molecule has 0 aromatic heterocycles. The summed E-state index contributed by atoms with van der Waals surface area (Å²) in [7, 11) is 0. The zero-order valence-electron chi connectivity index (χ0n) is 30.6. The molecular weight excluding hydrogens is 735 g/mol. The number of hydrogen-bond donors (Lipinski definition) is 0. The van der Waals surface area contributed by atoms with Crippen molar-refractivity contribution in [2.75, 3.05) is 34.6 Å². The summed E-state index contributed by atoms with van der Waals surface area (Å²) in [5.41, 5.74) is -1.58. The van der Waals surface area contributed by atoms with E-state index in [9.17, 15) is 27.2 Å². The number of anilines is 2. The predicted molar refractivity (Wildman–Crippen MR) is 197 cm³/mol. The molecule has 4 nitrogen and oxygen atoms in total. The van der Waals surface area contributed by atoms with E-state index >= 15 is 0 Å². The Hall–Kier alpha value is -2.65. The fourth-order valence-electron chi connectivity index (χ4n) is 4.13. The van der Waals surface area contributed by atoms with Crippen molar-refractivity contribution in [3.8, 4) is 0 Å². The zero-order chi connectivity index (χ0) is 38.1. The van der Waals surface area contributed by atoms with Gasteiger partial charge < -0.3 is 9.80 Å². The van der Waals surface area contributed by atoms with Gasteiger partial charge in [-0.05, 0) is 50.9 Å². The summed E-state index contributed by atoms with van der Waals surface area (Å²) in [6.45, 7) is 15.1. The van der Waals surface area contributed by atoms with Gasteiger partial charge in [0.1, 0.15) is 0 Å². The summed E-state index contributed by atoms with van der Waals surface area (Å²) in [6.07, 6.45) is 20.0. The minimum Gasteiger partial charge on any atom is -0.363 e. The largest absolute Gasteiger partial charge is 4.00 e. The number of halogens is 6. The standard InChI is InChI=1S/2C15H19ClF2NO.2C5H5.Ti/c2*1-10(2)8-19(14(20)15(3,4)9-16)13-6-5-11(17)7-12(13)18;2*1-2-4-5-3-1;/h2*5-6,10H,8-9H2,1-4H3;2*1-3H,4H2;/q4*-1;+4. The number of carbonyl (C=O) groups excluding carboxylic acids is 2. The summed E-state index contributed by atoms with van der Waals surface area (Å²) in [5, 5.41) is 0. The van der Waals surface area contributed by atoms with E-state index in [0.29, 0.717) is 13.1 Å². The van der Waals surface area contributed by atoms with Gasteiger partial charge in [-0.1, -0.05) is 27.7 Å². The summed E-state index contributed by atoms with van der Waals surface area (Å²) in [5.74, 6) is -3.41. The van der Waals surface area contributed by atoms with Crippen LogP contribution < -0.4 is 9.80 Å². The van der Waals surface area contributed by atoms with Gasteiger partial charge >= 0.3 is 21.7 Å². The van der Waals surface area contributed by atoms with Crippen molar-refractivity contribution < 1.29 is 48.9 Å².